The number of carboxylic acids is 2. The molecule has 10 heteroatoms. The van der Waals surface area contributed by atoms with Crippen LogP contribution in [-0.2, 0) is 14.4 Å². The molecule has 0 aromatic heterocycles. The van der Waals surface area contributed by atoms with Gasteiger partial charge in [-0.2, -0.15) is 0 Å². The van der Waals surface area contributed by atoms with Gasteiger partial charge in [0, 0.05) is 41.4 Å². The summed E-state index contributed by atoms with van der Waals surface area (Å²) in [5.74, 6) is -2.87. The first-order valence-corrected chi connectivity index (χ1v) is 12.1. The lowest BCUT2D eigenvalue weighted by molar-refractivity contribution is -0.134. The van der Waals surface area contributed by atoms with Crippen molar-refractivity contribution in [2.24, 2.45) is 0 Å². The predicted octanol–water partition coefficient (Wildman–Crippen LogP) is 4.82. The molecule has 1 saturated carbocycles. The average molecular weight is 535 g/mol. The van der Waals surface area contributed by atoms with Gasteiger partial charge in [0.1, 0.15) is 0 Å². The maximum Gasteiger partial charge on any atom is 0.328 e. The number of amides is 1. The highest BCUT2D eigenvalue weighted by Crippen LogP contribution is 2.28. The Balaban J connectivity index is 0.000000493. The molecule has 1 aliphatic rings. The van der Waals surface area contributed by atoms with Crippen LogP contribution in [0, 0.1) is 0 Å². The number of benzene rings is 2. The molecule has 1 amide bonds. The third kappa shape index (κ3) is 9.11. The Labute approximate surface area is 219 Å². The zero-order valence-corrected chi connectivity index (χ0v) is 21.3. The molecule has 0 aliphatic heterocycles. The molecular formula is C26H28Cl2N2O6. The van der Waals surface area contributed by atoms with Crippen molar-refractivity contribution in [1.82, 2.24) is 5.32 Å². The molecule has 3 rings (SSSR count). The number of nitrogens with one attached hydrogen (secondary N) is 1. The minimum Gasteiger partial charge on any atom is -0.478 e. The molecule has 2 aromatic carbocycles. The van der Waals surface area contributed by atoms with E-state index >= 15 is 0 Å². The van der Waals surface area contributed by atoms with Crippen LogP contribution in [0.5, 0.6) is 0 Å². The lowest BCUT2D eigenvalue weighted by atomic mass is 9.95. The first kappa shape index (κ1) is 29.0. The van der Waals surface area contributed by atoms with Crippen LogP contribution in [0.1, 0.15) is 48.0 Å². The fourth-order valence-electron chi connectivity index (χ4n) is 3.71. The maximum absolute atomic E-state index is 13.1. The molecule has 0 radical (unpaired) electrons. The van der Waals surface area contributed by atoms with Crippen LogP contribution in [0.4, 0.5) is 5.69 Å². The van der Waals surface area contributed by atoms with Crippen molar-refractivity contribution in [3.8, 4) is 0 Å². The van der Waals surface area contributed by atoms with Gasteiger partial charge in [0.15, 0.2) is 5.78 Å². The van der Waals surface area contributed by atoms with Gasteiger partial charge in [-0.25, -0.2) is 9.59 Å². The van der Waals surface area contributed by atoms with Crippen LogP contribution in [0.15, 0.2) is 54.6 Å². The van der Waals surface area contributed by atoms with Gasteiger partial charge in [-0.1, -0.05) is 54.6 Å². The SMILES string of the molecule is CN(C(=O)CNC1CCCCC1)c1ccc(Cl)cc1C(=O)c1ccccc1Cl.O=C(O)C=CC(=O)O. The molecule has 8 nitrogen and oxygen atoms in total. The molecule has 0 unspecified atom stereocenters. The zero-order chi connectivity index (χ0) is 26.7. The first-order valence-electron chi connectivity index (χ1n) is 11.3. The van der Waals surface area contributed by atoms with Gasteiger partial charge in [-0.15, -0.1) is 0 Å². The topological polar surface area (TPSA) is 124 Å². The van der Waals surface area contributed by atoms with Gasteiger partial charge in [-0.3, -0.25) is 9.59 Å². The molecule has 0 bridgehead atoms. The molecule has 0 heterocycles. The second-order valence-corrected chi connectivity index (χ2v) is 8.99. The third-order valence-electron chi connectivity index (χ3n) is 5.57. The summed E-state index contributed by atoms with van der Waals surface area (Å²) in [6.07, 6.45) is 7.00. The Morgan fingerprint density at radius 2 is 1.56 bits per heavy atom. The number of hydrogen-bond donors (Lipinski definition) is 3. The number of nitrogens with zero attached hydrogens (tertiary/aromatic N) is 1. The van der Waals surface area contributed by atoms with Gasteiger partial charge < -0.3 is 20.4 Å². The fraction of sp³-hybridized carbons (Fsp3) is 0.308. The van der Waals surface area contributed by atoms with E-state index in [2.05, 4.69) is 5.32 Å². The van der Waals surface area contributed by atoms with Crippen LogP contribution >= 0.6 is 23.2 Å². The molecule has 0 saturated heterocycles. The van der Waals surface area contributed by atoms with Gasteiger partial charge in [0.05, 0.1) is 17.3 Å². The molecule has 2 aromatic rings. The standard InChI is InChI=1S/C22H24Cl2N2O2.C4H4O4/c1-26(21(27)14-25-16-7-3-2-4-8-16)20-12-11-15(23)13-18(20)22(28)17-9-5-6-10-19(17)24;5-3(6)1-2-4(7)8/h5-6,9-13,16,25H,2-4,7-8,14H2,1H3;1-2H,(H,5,6)(H,7,8). The van der Waals surface area contributed by atoms with Crippen molar-refractivity contribution in [3.05, 3.63) is 75.8 Å². The first-order chi connectivity index (χ1) is 17.1. The smallest absolute Gasteiger partial charge is 0.328 e. The van der Waals surface area contributed by atoms with E-state index in [1.165, 1.54) is 24.2 Å². The Morgan fingerprint density at radius 1 is 0.944 bits per heavy atom. The van der Waals surface area contributed by atoms with Gasteiger partial charge in [0.2, 0.25) is 5.91 Å². The highest BCUT2D eigenvalue weighted by Gasteiger charge is 2.22. The summed E-state index contributed by atoms with van der Waals surface area (Å²) >= 11 is 12.3. The molecule has 3 N–H and O–H groups in total. The molecule has 0 atom stereocenters. The Hall–Kier alpha value is -3.20. The van der Waals surface area contributed by atoms with E-state index < -0.39 is 11.9 Å². The maximum atomic E-state index is 13.1. The number of ketones is 1. The largest absolute Gasteiger partial charge is 0.478 e. The van der Waals surface area contributed by atoms with Crippen molar-refractivity contribution in [2.75, 3.05) is 18.5 Å². The van der Waals surface area contributed by atoms with Crippen molar-refractivity contribution in [3.63, 3.8) is 0 Å². The molecular weight excluding hydrogens is 507 g/mol. The number of carbonyl (C=O) groups excluding carboxylic acids is 2. The highest BCUT2D eigenvalue weighted by molar-refractivity contribution is 6.36. The van der Waals surface area contributed by atoms with Crippen LogP contribution in [-0.4, -0.2) is 53.5 Å². The summed E-state index contributed by atoms with van der Waals surface area (Å²) in [4.78, 5) is 46.4. The second-order valence-electron chi connectivity index (χ2n) is 8.15. The minimum absolute atomic E-state index is 0.0962. The van der Waals surface area contributed by atoms with Crippen LogP contribution in [0.3, 0.4) is 0 Å². The van der Waals surface area contributed by atoms with E-state index in [-0.39, 0.29) is 18.2 Å². The number of carboxylic acid groups (broad SMARTS) is 2. The number of carbonyl (C=O) groups is 4. The molecule has 1 fully saturated rings. The van der Waals surface area contributed by atoms with Gasteiger partial charge in [0.25, 0.3) is 0 Å². The zero-order valence-electron chi connectivity index (χ0n) is 19.7. The molecule has 36 heavy (non-hydrogen) atoms. The number of anilines is 1. The highest BCUT2D eigenvalue weighted by atomic mass is 35.5. The minimum atomic E-state index is -1.26. The molecule has 192 valence electrons. The Kier molecular flexibility index (Phi) is 11.6. The van der Waals surface area contributed by atoms with Crippen LogP contribution in [0.25, 0.3) is 0 Å². The number of likely N-dealkylation sites (N-methyl/N-ethyl adjacent to an activating group) is 1. The van der Waals surface area contributed by atoms with Crippen molar-refractivity contribution < 1.29 is 29.4 Å². The summed E-state index contributed by atoms with van der Waals surface area (Å²) in [5.41, 5.74) is 1.26. The number of aliphatic carboxylic acids is 2. The molecule has 0 spiro atoms. The Bertz CT molecular complexity index is 1110. The van der Waals surface area contributed by atoms with Crippen molar-refractivity contribution in [1.29, 1.82) is 0 Å². The second kappa shape index (κ2) is 14.4. The number of hydrogen-bond acceptors (Lipinski definition) is 5. The lowest BCUT2D eigenvalue weighted by Crippen LogP contribution is -2.41. The fourth-order valence-corrected chi connectivity index (χ4v) is 4.10. The predicted molar refractivity (Wildman–Crippen MR) is 139 cm³/mol. The van der Waals surface area contributed by atoms with Crippen molar-refractivity contribution >= 4 is 52.5 Å². The van der Waals surface area contributed by atoms with Crippen molar-refractivity contribution in [2.45, 2.75) is 38.1 Å². The molecule has 1 aliphatic carbocycles. The summed E-state index contributed by atoms with van der Waals surface area (Å²) in [5, 5.41) is 19.8. The van der Waals surface area contributed by atoms with E-state index in [1.54, 1.807) is 49.5 Å². The summed E-state index contributed by atoms with van der Waals surface area (Å²) in [7, 11) is 1.68. The monoisotopic (exact) mass is 534 g/mol. The quantitative estimate of drug-likeness (QED) is 0.327. The van der Waals surface area contributed by atoms with Gasteiger partial charge >= 0.3 is 11.9 Å². The average Bonchev–Trinajstić information content (AvgIpc) is 2.86. The number of halogens is 2. The summed E-state index contributed by atoms with van der Waals surface area (Å²) in [6.45, 7) is 0.240. The van der Waals surface area contributed by atoms with Crippen LogP contribution < -0.4 is 10.2 Å². The van der Waals surface area contributed by atoms with E-state index in [0.29, 0.717) is 45.1 Å². The lowest BCUT2D eigenvalue weighted by Gasteiger charge is -2.25. The van der Waals surface area contributed by atoms with E-state index in [4.69, 9.17) is 33.4 Å². The normalized spacial score (nSPS) is 13.5. The van der Waals surface area contributed by atoms with E-state index in [1.807, 2.05) is 0 Å². The summed E-state index contributed by atoms with van der Waals surface area (Å²) < 4.78 is 0. The van der Waals surface area contributed by atoms with E-state index in [0.717, 1.165) is 12.8 Å². The number of rotatable bonds is 8. The Morgan fingerprint density at radius 3 is 2.14 bits per heavy atom. The summed E-state index contributed by atoms with van der Waals surface area (Å²) in [6, 6.07) is 12.2. The van der Waals surface area contributed by atoms with Gasteiger partial charge in [-0.05, 0) is 43.2 Å². The van der Waals surface area contributed by atoms with Crippen LogP contribution in [0.2, 0.25) is 10.0 Å². The van der Waals surface area contributed by atoms with E-state index in [9.17, 15) is 19.2 Å². The third-order valence-corrected chi connectivity index (χ3v) is 6.14.